The third-order valence-corrected chi connectivity index (χ3v) is 1.99. The summed E-state index contributed by atoms with van der Waals surface area (Å²) in [4.78, 5) is 0. The van der Waals surface area contributed by atoms with Gasteiger partial charge >= 0.3 is 54.2 Å². The maximum Gasteiger partial charge on any atom is -1.00 e. The van der Waals surface area contributed by atoms with Crippen LogP contribution >= 0.6 is 0 Å². The Labute approximate surface area is 87.8 Å². The number of halogens is 2. The summed E-state index contributed by atoms with van der Waals surface area (Å²) in [5.41, 5.74) is 0. The molecule has 0 aromatic heterocycles. The summed E-state index contributed by atoms with van der Waals surface area (Å²) < 4.78 is 0. The van der Waals surface area contributed by atoms with Crippen LogP contribution in [0, 0.1) is 5.92 Å². The fourth-order valence-corrected chi connectivity index (χ4v) is 0.846. The molecule has 0 N–H and O–H groups in total. The van der Waals surface area contributed by atoms with Crippen LogP contribution in [0.25, 0.3) is 0 Å². The molecule has 0 saturated carbocycles. The van der Waals surface area contributed by atoms with Gasteiger partial charge in [0.2, 0.25) is 0 Å². The monoisotopic (exact) mass is 270 g/mol. The Kier molecular flexibility index (Phi) is 22.8. The molecule has 0 aromatic carbocycles. The average Bonchev–Trinajstić information content (AvgIpc) is 1.68. The standard InChI is InChI=1S/C6H13.Al.2BrH/c1-4-5-6(2)3;;;/h6H,2,4-5H2,1,3H3;;2*1H/q;+2;;/p-2. The zero-order chi connectivity index (χ0) is 5.70. The van der Waals surface area contributed by atoms with Gasteiger partial charge in [0.15, 0.2) is 0 Å². The predicted octanol–water partition coefficient (Wildman–Crippen LogP) is -3.98. The van der Waals surface area contributed by atoms with E-state index in [-0.39, 0.29) is 34.0 Å². The molecule has 9 heavy (non-hydrogen) atoms. The Morgan fingerprint density at radius 3 is 1.89 bits per heavy atom. The van der Waals surface area contributed by atoms with Crippen LogP contribution in [0.15, 0.2) is 0 Å². The van der Waals surface area contributed by atoms with Crippen LogP contribution in [0.2, 0.25) is 5.28 Å². The topological polar surface area (TPSA) is 0 Å². The molecule has 0 nitrogen and oxygen atoms in total. The Balaban J connectivity index is -0.000000180. The van der Waals surface area contributed by atoms with Gasteiger partial charge in [-0.15, -0.1) is 0 Å². The molecule has 0 aliphatic carbocycles. The molecule has 0 bridgehead atoms. The van der Waals surface area contributed by atoms with E-state index >= 15 is 0 Å². The predicted molar refractivity (Wildman–Crippen MR) is 34.6 cm³/mol. The Morgan fingerprint density at radius 2 is 1.78 bits per heavy atom. The first-order valence-electron chi connectivity index (χ1n) is 3.01. The Bertz CT molecular complexity index is 42.0. The second kappa shape index (κ2) is 12.2. The van der Waals surface area contributed by atoms with E-state index in [9.17, 15) is 0 Å². The van der Waals surface area contributed by atoms with Crippen molar-refractivity contribution < 1.29 is 34.0 Å². The zero-order valence-electron chi connectivity index (χ0n) is 6.03. The largest absolute Gasteiger partial charge is 1.00 e. The van der Waals surface area contributed by atoms with Crippen molar-refractivity contribution in [3.05, 3.63) is 0 Å². The molecule has 0 heterocycles. The van der Waals surface area contributed by atoms with Crippen molar-refractivity contribution in [2.75, 3.05) is 0 Å². The van der Waals surface area contributed by atoms with E-state index in [1.165, 1.54) is 18.1 Å². The molecular formula is C6H13AlBr2. The van der Waals surface area contributed by atoms with Gasteiger partial charge in [-0.1, -0.05) is 0 Å². The smallest absolute Gasteiger partial charge is 1.00 e. The van der Waals surface area contributed by atoms with Gasteiger partial charge in [-0.05, 0) is 0 Å². The SMILES string of the molecule is CCCC(C)[CH2][Al+2].[Br-].[Br-]. The summed E-state index contributed by atoms with van der Waals surface area (Å²) in [5.74, 6) is 0.912. The van der Waals surface area contributed by atoms with Crippen LogP contribution in [0.4, 0.5) is 0 Å². The molecule has 0 rings (SSSR count). The van der Waals surface area contributed by atoms with E-state index in [1.54, 1.807) is 0 Å². The van der Waals surface area contributed by atoms with Gasteiger partial charge in [-0.2, -0.15) is 0 Å². The normalized spacial score (nSPS) is 11.1. The van der Waals surface area contributed by atoms with Crippen molar-refractivity contribution in [1.82, 2.24) is 0 Å². The molecule has 0 fully saturated rings. The summed E-state index contributed by atoms with van der Waals surface area (Å²) in [6.45, 7) is 4.52. The molecule has 0 aromatic rings. The minimum absolute atomic E-state index is 0. The van der Waals surface area contributed by atoms with E-state index in [2.05, 4.69) is 30.1 Å². The summed E-state index contributed by atoms with van der Waals surface area (Å²) >= 11 is 2.77. The van der Waals surface area contributed by atoms with Crippen molar-refractivity contribution in [3.63, 3.8) is 0 Å². The van der Waals surface area contributed by atoms with E-state index < -0.39 is 0 Å². The van der Waals surface area contributed by atoms with E-state index in [4.69, 9.17) is 0 Å². The van der Waals surface area contributed by atoms with Crippen LogP contribution in [-0.4, -0.2) is 16.3 Å². The van der Waals surface area contributed by atoms with E-state index in [1.807, 2.05) is 0 Å². The molecule has 0 spiro atoms. The van der Waals surface area contributed by atoms with Gasteiger partial charge in [0, 0.05) is 0 Å². The van der Waals surface area contributed by atoms with Crippen LogP contribution in [0.3, 0.4) is 0 Å². The van der Waals surface area contributed by atoms with Crippen LogP contribution in [0.5, 0.6) is 0 Å². The maximum absolute atomic E-state index is 2.77. The molecule has 0 aliphatic rings. The summed E-state index contributed by atoms with van der Waals surface area (Å²) in [6, 6.07) is 0. The maximum atomic E-state index is 2.77. The molecule has 1 unspecified atom stereocenters. The van der Waals surface area contributed by atoms with Crippen molar-refractivity contribution in [1.29, 1.82) is 0 Å². The van der Waals surface area contributed by atoms with Crippen molar-refractivity contribution in [2.45, 2.75) is 32.0 Å². The molecule has 0 saturated heterocycles. The quantitative estimate of drug-likeness (QED) is 0.460. The number of hydrogen-bond acceptors (Lipinski definition) is 0. The number of hydrogen-bond donors (Lipinski definition) is 0. The second-order valence-electron chi connectivity index (χ2n) is 2.13. The molecule has 3 heteroatoms. The fourth-order valence-electron chi connectivity index (χ4n) is 0.611. The van der Waals surface area contributed by atoms with Crippen molar-refractivity contribution in [2.24, 2.45) is 5.92 Å². The van der Waals surface area contributed by atoms with Gasteiger partial charge in [-0.25, -0.2) is 0 Å². The summed E-state index contributed by atoms with van der Waals surface area (Å²) in [7, 11) is 0. The molecule has 0 amide bonds. The molecular weight excluding hydrogens is 259 g/mol. The third kappa shape index (κ3) is 12.6. The van der Waals surface area contributed by atoms with Gasteiger partial charge in [0.1, 0.15) is 0 Å². The molecule has 54 valence electrons. The first kappa shape index (κ1) is 16.8. The average molecular weight is 272 g/mol. The summed E-state index contributed by atoms with van der Waals surface area (Å²) in [5, 5.41) is 1.26. The third-order valence-electron chi connectivity index (χ3n) is 1.18. The van der Waals surface area contributed by atoms with Gasteiger partial charge in [-0.3, -0.25) is 0 Å². The van der Waals surface area contributed by atoms with Gasteiger partial charge in [0.05, 0.1) is 0 Å². The Morgan fingerprint density at radius 1 is 1.33 bits per heavy atom. The van der Waals surface area contributed by atoms with Crippen molar-refractivity contribution in [3.8, 4) is 0 Å². The van der Waals surface area contributed by atoms with Crippen LogP contribution in [0.1, 0.15) is 26.7 Å². The minimum Gasteiger partial charge on any atom is -1.00 e. The first-order chi connectivity index (χ1) is 3.31. The van der Waals surface area contributed by atoms with Gasteiger partial charge in [0.25, 0.3) is 0 Å². The first-order valence-corrected chi connectivity index (χ1v) is 3.83. The van der Waals surface area contributed by atoms with E-state index in [0.717, 1.165) is 5.92 Å². The van der Waals surface area contributed by atoms with Crippen LogP contribution in [-0.2, 0) is 0 Å². The minimum atomic E-state index is 0. The molecule has 0 radical (unpaired) electrons. The Hall–Kier alpha value is 1.49. The number of rotatable bonds is 3. The second-order valence-corrected chi connectivity index (χ2v) is 2.60. The molecule has 0 aliphatic heterocycles. The van der Waals surface area contributed by atoms with Crippen LogP contribution < -0.4 is 34.0 Å². The van der Waals surface area contributed by atoms with Gasteiger partial charge < -0.3 is 34.0 Å². The fraction of sp³-hybridized carbons (Fsp3) is 1.00. The summed E-state index contributed by atoms with van der Waals surface area (Å²) in [6.07, 6.45) is 2.71. The van der Waals surface area contributed by atoms with Crippen molar-refractivity contribution >= 4 is 16.3 Å². The zero-order valence-corrected chi connectivity index (χ0v) is 10.4. The molecule has 1 atom stereocenters. The van der Waals surface area contributed by atoms with E-state index in [0.29, 0.717) is 0 Å².